The molecule has 100 valence electrons. The lowest BCUT2D eigenvalue weighted by Crippen LogP contribution is -2.26. The molecule has 1 amide bonds. The maximum absolute atomic E-state index is 11.7. The Kier molecular flexibility index (Phi) is 5.09. The Morgan fingerprint density at radius 2 is 2.22 bits per heavy atom. The second-order valence-electron chi connectivity index (χ2n) is 4.97. The SMILES string of the molecule is CNC(=O)c1cccnc1NCC(C)(C)CCO. The molecule has 0 bridgehead atoms. The van der Waals surface area contributed by atoms with Crippen molar-refractivity contribution in [2.24, 2.45) is 5.41 Å². The van der Waals surface area contributed by atoms with Crippen LogP contribution in [0.1, 0.15) is 30.6 Å². The number of aliphatic hydroxyl groups excluding tert-OH is 1. The maximum atomic E-state index is 11.7. The fourth-order valence-corrected chi connectivity index (χ4v) is 1.58. The highest BCUT2D eigenvalue weighted by molar-refractivity contribution is 5.98. The zero-order chi connectivity index (χ0) is 13.6. The Balaban J connectivity index is 2.76. The van der Waals surface area contributed by atoms with Crippen molar-refractivity contribution in [3.63, 3.8) is 0 Å². The van der Waals surface area contributed by atoms with Crippen molar-refractivity contribution in [3.8, 4) is 0 Å². The molecule has 0 atom stereocenters. The first-order valence-electron chi connectivity index (χ1n) is 6.02. The van der Waals surface area contributed by atoms with E-state index in [0.717, 1.165) is 0 Å². The summed E-state index contributed by atoms with van der Waals surface area (Å²) >= 11 is 0. The molecule has 0 unspecified atom stereocenters. The highest BCUT2D eigenvalue weighted by atomic mass is 16.3. The molecule has 1 aromatic rings. The van der Waals surface area contributed by atoms with Gasteiger partial charge in [-0.25, -0.2) is 4.98 Å². The lowest BCUT2D eigenvalue weighted by Gasteiger charge is -2.24. The zero-order valence-corrected chi connectivity index (χ0v) is 11.2. The van der Waals surface area contributed by atoms with Crippen LogP contribution < -0.4 is 10.6 Å². The molecule has 1 rings (SSSR count). The smallest absolute Gasteiger partial charge is 0.254 e. The predicted octanol–water partition coefficient (Wildman–Crippen LogP) is 1.26. The Labute approximate surface area is 108 Å². The number of hydrogen-bond acceptors (Lipinski definition) is 4. The molecule has 3 N–H and O–H groups in total. The van der Waals surface area contributed by atoms with E-state index in [1.54, 1.807) is 25.4 Å². The van der Waals surface area contributed by atoms with Gasteiger partial charge in [0.15, 0.2) is 0 Å². The average molecular weight is 251 g/mol. The molecule has 5 nitrogen and oxygen atoms in total. The van der Waals surface area contributed by atoms with Crippen LogP contribution in [0.2, 0.25) is 0 Å². The molecule has 0 saturated carbocycles. The van der Waals surface area contributed by atoms with Gasteiger partial charge in [0.05, 0.1) is 5.56 Å². The van der Waals surface area contributed by atoms with Gasteiger partial charge in [-0.3, -0.25) is 4.79 Å². The van der Waals surface area contributed by atoms with Gasteiger partial charge in [0.2, 0.25) is 0 Å². The summed E-state index contributed by atoms with van der Waals surface area (Å²) in [7, 11) is 1.59. The molecule has 0 spiro atoms. The molecule has 0 aliphatic rings. The minimum absolute atomic E-state index is 0.0494. The van der Waals surface area contributed by atoms with Gasteiger partial charge in [0.25, 0.3) is 5.91 Å². The Bertz CT molecular complexity index is 405. The topological polar surface area (TPSA) is 74.2 Å². The number of hydrogen-bond donors (Lipinski definition) is 3. The third kappa shape index (κ3) is 4.00. The number of amides is 1. The first kappa shape index (κ1) is 14.4. The van der Waals surface area contributed by atoms with Crippen LogP contribution in [0, 0.1) is 5.41 Å². The summed E-state index contributed by atoms with van der Waals surface area (Å²) in [6, 6.07) is 3.46. The van der Waals surface area contributed by atoms with E-state index in [9.17, 15) is 4.79 Å². The second-order valence-corrected chi connectivity index (χ2v) is 4.97. The lowest BCUT2D eigenvalue weighted by molar-refractivity contribution is 0.0963. The fraction of sp³-hybridized carbons (Fsp3) is 0.538. The minimum Gasteiger partial charge on any atom is -0.396 e. The van der Waals surface area contributed by atoms with Crippen molar-refractivity contribution in [2.75, 3.05) is 25.5 Å². The molecule has 0 aromatic carbocycles. The number of anilines is 1. The summed E-state index contributed by atoms with van der Waals surface area (Å²) < 4.78 is 0. The number of nitrogens with one attached hydrogen (secondary N) is 2. The van der Waals surface area contributed by atoms with E-state index in [0.29, 0.717) is 24.3 Å². The van der Waals surface area contributed by atoms with Crippen LogP contribution in [-0.4, -0.2) is 36.2 Å². The van der Waals surface area contributed by atoms with Crippen molar-refractivity contribution in [3.05, 3.63) is 23.9 Å². The largest absolute Gasteiger partial charge is 0.396 e. The van der Waals surface area contributed by atoms with E-state index in [-0.39, 0.29) is 17.9 Å². The quantitative estimate of drug-likeness (QED) is 0.711. The van der Waals surface area contributed by atoms with E-state index in [1.807, 2.05) is 0 Å². The van der Waals surface area contributed by atoms with Crippen molar-refractivity contribution < 1.29 is 9.90 Å². The van der Waals surface area contributed by atoms with E-state index < -0.39 is 0 Å². The second kappa shape index (κ2) is 6.35. The maximum Gasteiger partial charge on any atom is 0.254 e. The van der Waals surface area contributed by atoms with Crippen LogP contribution in [0.15, 0.2) is 18.3 Å². The molecule has 1 aromatic heterocycles. The standard InChI is InChI=1S/C13H21N3O2/c1-13(2,6-8-17)9-16-11-10(12(18)14-3)5-4-7-15-11/h4-5,7,17H,6,8-9H2,1-3H3,(H,14,18)(H,15,16). The zero-order valence-electron chi connectivity index (χ0n) is 11.2. The van der Waals surface area contributed by atoms with Crippen LogP contribution in [0.25, 0.3) is 0 Å². The van der Waals surface area contributed by atoms with Crippen LogP contribution in [-0.2, 0) is 0 Å². The molecule has 0 saturated heterocycles. The van der Waals surface area contributed by atoms with Crippen LogP contribution in [0.5, 0.6) is 0 Å². The van der Waals surface area contributed by atoms with Gasteiger partial charge in [-0.05, 0) is 24.0 Å². The number of carbonyl (C=O) groups excluding carboxylic acids is 1. The molecular formula is C13H21N3O2. The van der Waals surface area contributed by atoms with E-state index >= 15 is 0 Å². The lowest BCUT2D eigenvalue weighted by atomic mass is 9.90. The molecule has 18 heavy (non-hydrogen) atoms. The summed E-state index contributed by atoms with van der Waals surface area (Å²) in [4.78, 5) is 15.8. The highest BCUT2D eigenvalue weighted by Gasteiger charge is 2.18. The van der Waals surface area contributed by atoms with E-state index in [1.165, 1.54) is 0 Å². The summed E-state index contributed by atoms with van der Waals surface area (Å²) in [5.41, 5.74) is 0.478. The van der Waals surface area contributed by atoms with Gasteiger partial charge in [-0.15, -0.1) is 0 Å². The number of carbonyl (C=O) groups is 1. The van der Waals surface area contributed by atoms with Gasteiger partial charge >= 0.3 is 0 Å². The number of aliphatic hydroxyl groups is 1. The van der Waals surface area contributed by atoms with Crippen molar-refractivity contribution >= 4 is 11.7 Å². The number of nitrogens with zero attached hydrogens (tertiary/aromatic N) is 1. The van der Waals surface area contributed by atoms with Gasteiger partial charge in [-0.2, -0.15) is 0 Å². The summed E-state index contributed by atoms with van der Waals surface area (Å²) in [5.74, 6) is 0.411. The van der Waals surface area contributed by atoms with Crippen molar-refractivity contribution in [1.82, 2.24) is 10.3 Å². The summed E-state index contributed by atoms with van der Waals surface area (Å²) in [6.45, 7) is 4.91. The molecule has 0 aliphatic carbocycles. The predicted molar refractivity (Wildman–Crippen MR) is 71.6 cm³/mol. The summed E-state index contributed by atoms with van der Waals surface area (Å²) in [6.07, 6.45) is 2.34. The Morgan fingerprint density at radius 1 is 1.50 bits per heavy atom. The molecule has 0 aliphatic heterocycles. The Hall–Kier alpha value is -1.62. The van der Waals surface area contributed by atoms with Crippen molar-refractivity contribution in [2.45, 2.75) is 20.3 Å². The first-order valence-corrected chi connectivity index (χ1v) is 6.02. The van der Waals surface area contributed by atoms with E-state index in [4.69, 9.17) is 5.11 Å². The molecule has 1 heterocycles. The molecular weight excluding hydrogens is 230 g/mol. The van der Waals surface area contributed by atoms with Gasteiger partial charge in [-0.1, -0.05) is 13.8 Å². The van der Waals surface area contributed by atoms with Crippen LogP contribution >= 0.6 is 0 Å². The monoisotopic (exact) mass is 251 g/mol. The minimum atomic E-state index is -0.162. The van der Waals surface area contributed by atoms with Crippen LogP contribution in [0.3, 0.4) is 0 Å². The molecule has 5 heteroatoms. The average Bonchev–Trinajstić information content (AvgIpc) is 2.36. The van der Waals surface area contributed by atoms with Gasteiger partial charge in [0.1, 0.15) is 5.82 Å². The number of pyridine rings is 1. The number of rotatable bonds is 6. The third-order valence-electron chi connectivity index (χ3n) is 2.80. The Morgan fingerprint density at radius 3 is 2.83 bits per heavy atom. The fourth-order valence-electron chi connectivity index (χ4n) is 1.58. The summed E-state index contributed by atoms with van der Waals surface area (Å²) in [5, 5.41) is 14.7. The number of aromatic nitrogens is 1. The van der Waals surface area contributed by atoms with E-state index in [2.05, 4.69) is 29.5 Å². The van der Waals surface area contributed by atoms with Crippen molar-refractivity contribution in [1.29, 1.82) is 0 Å². The van der Waals surface area contributed by atoms with Gasteiger partial charge < -0.3 is 15.7 Å². The normalized spacial score (nSPS) is 11.1. The highest BCUT2D eigenvalue weighted by Crippen LogP contribution is 2.21. The first-order chi connectivity index (χ1) is 8.50. The van der Waals surface area contributed by atoms with Gasteiger partial charge in [0, 0.05) is 26.4 Å². The molecule has 0 radical (unpaired) electrons. The third-order valence-corrected chi connectivity index (χ3v) is 2.80. The van der Waals surface area contributed by atoms with Crippen LogP contribution in [0.4, 0.5) is 5.82 Å². The molecule has 0 fully saturated rings.